The van der Waals surface area contributed by atoms with Crippen LogP contribution in [0.2, 0.25) is 0 Å². The minimum Gasteiger partial charge on any atom is -0.388 e. The number of ether oxygens (including phenoxy) is 1. The summed E-state index contributed by atoms with van der Waals surface area (Å²) < 4.78 is 6.14. The van der Waals surface area contributed by atoms with E-state index in [9.17, 15) is 5.11 Å². The molecule has 3 nitrogen and oxygen atoms in total. The average molecular weight is 245 g/mol. The Morgan fingerprint density at radius 1 is 1.28 bits per heavy atom. The minimum atomic E-state index is -0.324. The summed E-state index contributed by atoms with van der Waals surface area (Å²) in [6, 6.07) is 0. The first-order chi connectivity index (χ1) is 8.80. The van der Waals surface area contributed by atoms with Crippen molar-refractivity contribution >= 4 is 0 Å². The van der Waals surface area contributed by atoms with Crippen molar-refractivity contribution in [3.05, 3.63) is 28.6 Å². The number of hydrogen-bond donors (Lipinski definition) is 1. The van der Waals surface area contributed by atoms with Crippen molar-refractivity contribution in [2.75, 3.05) is 0 Å². The maximum atomic E-state index is 10.4. The SMILES string of the molecule is OC1CCCc2ncc3c(c21)C1(CCCC1)OC3. The Bertz CT molecular complexity index is 492. The minimum absolute atomic E-state index is 0.0827. The van der Waals surface area contributed by atoms with Gasteiger partial charge in [0, 0.05) is 23.0 Å². The van der Waals surface area contributed by atoms with E-state index < -0.39 is 0 Å². The van der Waals surface area contributed by atoms with E-state index in [1.165, 1.54) is 24.0 Å². The molecule has 3 aliphatic rings. The Balaban J connectivity index is 1.94. The molecule has 0 bridgehead atoms. The van der Waals surface area contributed by atoms with E-state index in [0.29, 0.717) is 6.61 Å². The molecule has 1 atom stereocenters. The molecule has 1 spiro atoms. The normalized spacial score (nSPS) is 28.4. The summed E-state index contributed by atoms with van der Waals surface area (Å²) in [6.45, 7) is 0.683. The zero-order valence-corrected chi connectivity index (χ0v) is 10.6. The molecule has 0 aromatic carbocycles. The van der Waals surface area contributed by atoms with Crippen molar-refractivity contribution < 1.29 is 9.84 Å². The fraction of sp³-hybridized carbons (Fsp3) is 0.667. The fourth-order valence-corrected chi connectivity index (χ4v) is 4.05. The zero-order chi connectivity index (χ0) is 12.2. The maximum absolute atomic E-state index is 10.4. The number of aliphatic hydroxyl groups is 1. The summed E-state index contributed by atoms with van der Waals surface area (Å²) in [4.78, 5) is 4.56. The van der Waals surface area contributed by atoms with Gasteiger partial charge in [-0.1, -0.05) is 12.8 Å². The fourth-order valence-electron chi connectivity index (χ4n) is 4.05. The topological polar surface area (TPSA) is 42.4 Å². The van der Waals surface area contributed by atoms with Crippen molar-refractivity contribution in [2.45, 2.75) is 63.3 Å². The molecule has 0 saturated heterocycles. The van der Waals surface area contributed by atoms with Crippen molar-refractivity contribution in [2.24, 2.45) is 0 Å². The first kappa shape index (κ1) is 10.9. The number of hydrogen-bond acceptors (Lipinski definition) is 3. The largest absolute Gasteiger partial charge is 0.388 e. The van der Waals surface area contributed by atoms with Gasteiger partial charge in [-0.05, 0) is 37.7 Å². The molecule has 0 radical (unpaired) electrons. The monoisotopic (exact) mass is 245 g/mol. The quantitative estimate of drug-likeness (QED) is 0.764. The lowest BCUT2D eigenvalue weighted by Crippen LogP contribution is -2.25. The van der Waals surface area contributed by atoms with Crippen LogP contribution in [0, 0.1) is 0 Å². The lowest BCUT2D eigenvalue weighted by Gasteiger charge is -2.30. The molecule has 1 aliphatic heterocycles. The van der Waals surface area contributed by atoms with Crippen molar-refractivity contribution in [3.8, 4) is 0 Å². The number of fused-ring (bicyclic) bond motifs is 4. The Labute approximate surface area is 107 Å². The molecule has 1 aromatic rings. The Morgan fingerprint density at radius 3 is 2.94 bits per heavy atom. The van der Waals surface area contributed by atoms with Gasteiger partial charge in [0.05, 0.1) is 18.3 Å². The van der Waals surface area contributed by atoms with Crippen molar-refractivity contribution in [3.63, 3.8) is 0 Å². The molecule has 1 aromatic heterocycles. The second kappa shape index (κ2) is 3.78. The predicted molar refractivity (Wildman–Crippen MR) is 67.1 cm³/mol. The van der Waals surface area contributed by atoms with Crippen LogP contribution >= 0.6 is 0 Å². The van der Waals surface area contributed by atoms with Crippen LogP contribution in [0.15, 0.2) is 6.20 Å². The van der Waals surface area contributed by atoms with Crippen LogP contribution in [-0.4, -0.2) is 10.1 Å². The highest BCUT2D eigenvalue weighted by Gasteiger charge is 2.46. The summed E-state index contributed by atoms with van der Waals surface area (Å²) in [5.74, 6) is 0. The second-order valence-corrected chi connectivity index (χ2v) is 5.92. The van der Waals surface area contributed by atoms with Crippen LogP contribution in [0.25, 0.3) is 0 Å². The number of rotatable bonds is 0. The standard InChI is InChI=1S/C15H19NO2/c17-12-5-3-4-11-13(12)14-10(8-16-11)9-18-15(14)6-1-2-7-15/h8,12,17H,1-7,9H2. The predicted octanol–water partition coefficient (Wildman–Crippen LogP) is 2.75. The highest BCUT2D eigenvalue weighted by molar-refractivity contribution is 5.46. The van der Waals surface area contributed by atoms with Gasteiger partial charge in [0.2, 0.25) is 0 Å². The van der Waals surface area contributed by atoms with E-state index >= 15 is 0 Å². The number of nitrogens with zero attached hydrogens (tertiary/aromatic N) is 1. The number of aromatic nitrogens is 1. The van der Waals surface area contributed by atoms with Gasteiger partial charge < -0.3 is 9.84 Å². The molecule has 96 valence electrons. The highest BCUT2D eigenvalue weighted by atomic mass is 16.5. The smallest absolute Gasteiger partial charge is 0.0944 e. The Hall–Kier alpha value is -0.930. The highest BCUT2D eigenvalue weighted by Crippen LogP contribution is 2.51. The first-order valence-corrected chi connectivity index (χ1v) is 7.13. The third-order valence-electron chi connectivity index (χ3n) is 4.87. The lowest BCUT2D eigenvalue weighted by molar-refractivity contribution is -0.0341. The molecule has 18 heavy (non-hydrogen) atoms. The summed E-state index contributed by atoms with van der Waals surface area (Å²) in [6.07, 6.45) is 9.31. The van der Waals surface area contributed by atoms with E-state index in [2.05, 4.69) is 4.98 Å². The van der Waals surface area contributed by atoms with E-state index in [0.717, 1.165) is 43.4 Å². The van der Waals surface area contributed by atoms with Gasteiger partial charge in [-0.3, -0.25) is 4.98 Å². The first-order valence-electron chi connectivity index (χ1n) is 7.13. The van der Waals surface area contributed by atoms with E-state index in [1.807, 2.05) is 6.20 Å². The van der Waals surface area contributed by atoms with Crippen LogP contribution in [-0.2, 0) is 23.4 Å². The number of pyridine rings is 1. The van der Waals surface area contributed by atoms with E-state index in [-0.39, 0.29) is 11.7 Å². The molecule has 0 amide bonds. The van der Waals surface area contributed by atoms with Crippen molar-refractivity contribution in [1.82, 2.24) is 4.98 Å². The summed E-state index contributed by atoms with van der Waals surface area (Å²) in [5.41, 5.74) is 4.69. The number of aryl methyl sites for hydroxylation is 1. The van der Waals surface area contributed by atoms with Gasteiger partial charge >= 0.3 is 0 Å². The van der Waals surface area contributed by atoms with Crippen molar-refractivity contribution in [1.29, 1.82) is 0 Å². The summed E-state index contributed by atoms with van der Waals surface area (Å²) in [7, 11) is 0. The third-order valence-corrected chi connectivity index (χ3v) is 4.87. The molecule has 1 unspecified atom stereocenters. The second-order valence-electron chi connectivity index (χ2n) is 5.92. The van der Waals surface area contributed by atoms with Gasteiger partial charge in [0.1, 0.15) is 0 Å². The van der Waals surface area contributed by atoms with Crippen LogP contribution in [0.3, 0.4) is 0 Å². The van der Waals surface area contributed by atoms with Crippen LogP contribution in [0.5, 0.6) is 0 Å². The van der Waals surface area contributed by atoms with Crippen LogP contribution < -0.4 is 0 Å². The molecule has 2 heterocycles. The van der Waals surface area contributed by atoms with Gasteiger partial charge in [-0.2, -0.15) is 0 Å². The van der Waals surface area contributed by atoms with Gasteiger partial charge in [-0.15, -0.1) is 0 Å². The van der Waals surface area contributed by atoms with Crippen LogP contribution in [0.4, 0.5) is 0 Å². The molecule has 1 N–H and O–H groups in total. The molecule has 1 fully saturated rings. The Morgan fingerprint density at radius 2 is 2.11 bits per heavy atom. The van der Waals surface area contributed by atoms with Crippen LogP contribution in [0.1, 0.15) is 67.0 Å². The molecular formula is C15H19NO2. The molecular weight excluding hydrogens is 226 g/mol. The molecule has 1 saturated carbocycles. The van der Waals surface area contributed by atoms with Gasteiger partial charge in [0.15, 0.2) is 0 Å². The average Bonchev–Trinajstić information content (AvgIpc) is 2.99. The third kappa shape index (κ3) is 1.35. The lowest BCUT2D eigenvalue weighted by atomic mass is 9.81. The molecule has 4 rings (SSSR count). The summed E-state index contributed by atoms with van der Waals surface area (Å²) in [5, 5.41) is 10.4. The summed E-state index contributed by atoms with van der Waals surface area (Å²) >= 11 is 0. The molecule has 2 aliphatic carbocycles. The van der Waals surface area contributed by atoms with E-state index in [4.69, 9.17) is 4.74 Å². The molecule has 3 heteroatoms. The van der Waals surface area contributed by atoms with Gasteiger partial charge in [0.25, 0.3) is 0 Å². The Kier molecular flexibility index (Phi) is 2.30. The zero-order valence-electron chi connectivity index (χ0n) is 10.6. The number of aliphatic hydroxyl groups excluding tert-OH is 1. The van der Waals surface area contributed by atoms with E-state index in [1.54, 1.807) is 0 Å². The maximum Gasteiger partial charge on any atom is 0.0944 e. The van der Waals surface area contributed by atoms with Gasteiger partial charge in [-0.25, -0.2) is 0 Å².